The van der Waals surface area contributed by atoms with Crippen molar-refractivity contribution in [1.82, 2.24) is 0 Å². The average molecular weight is 162 g/mol. The third-order valence-corrected chi connectivity index (χ3v) is 4.64. The van der Waals surface area contributed by atoms with Crippen LogP contribution in [0.25, 0.3) is 0 Å². The first-order valence-electron chi connectivity index (χ1n) is 5.33. The second kappa shape index (κ2) is 2.53. The second-order valence-corrected chi connectivity index (χ2v) is 5.33. The fraction of sp³-hybridized carbons (Fsp3) is 1.00. The highest BCUT2D eigenvalue weighted by molar-refractivity contribution is 6.12. The Balaban J connectivity index is 2.15. The minimum Gasteiger partial charge on any atom is -0.0741 e. The lowest BCUT2D eigenvalue weighted by atomic mass is 9.40. The van der Waals surface area contributed by atoms with Crippen LogP contribution in [0.4, 0.5) is 0 Å². The van der Waals surface area contributed by atoms with Crippen molar-refractivity contribution >= 4 is 7.85 Å². The summed E-state index contributed by atoms with van der Waals surface area (Å²) < 4.78 is 0. The van der Waals surface area contributed by atoms with E-state index in [4.69, 9.17) is 7.85 Å². The Morgan fingerprint density at radius 2 is 2.00 bits per heavy atom. The van der Waals surface area contributed by atoms with Gasteiger partial charge in [-0.05, 0) is 29.6 Å². The molecule has 66 valence electrons. The molecule has 0 N–H and O–H groups in total. The molecular weight excluding hydrogens is 143 g/mol. The first-order chi connectivity index (χ1) is 5.57. The topological polar surface area (TPSA) is 0 Å². The molecule has 1 unspecified atom stereocenters. The van der Waals surface area contributed by atoms with E-state index < -0.39 is 0 Å². The standard InChI is InChI=1S/C11H19B/c1-4-8-9-5-7(6-10(8)12)11(9,2)3/h7-10H,4-6H2,1-3H3/t7-,8?,9+,10+/m0/s1. The van der Waals surface area contributed by atoms with E-state index in [1.54, 1.807) is 0 Å². The molecule has 3 aliphatic rings. The molecule has 12 heavy (non-hydrogen) atoms. The molecule has 0 spiro atoms. The summed E-state index contributed by atoms with van der Waals surface area (Å²) in [6.07, 6.45) is 4.02. The maximum absolute atomic E-state index is 6.13. The van der Waals surface area contributed by atoms with Gasteiger partial charge >= 0.3 is 0 Å². The first kappa shape index (κ1) is 8.65. The summed E-state index contributed by atoms with van der Waals surface area (Å²) in [6.45, 7) is 7.15. The van der Waals surface area contributed by atoms with Crippen molar-refractivity contribution in [1.29, 1.82) is 0 Å². The highest BCUT2D eigenvalue weighted by atomic mass is 14.6. The highest BCUT2D eigenvalue weighted by Gasteiger charge is 2.55. The van der Waals surface area contributed by atoms with Gasteiger partial charge in [-0.25, -0.2) is 0 Å². The first-order valence-corrected chi connectivity index (χ1v) is 5.33. The van der Waals surface area contributed by atoms with Crippen LogP contribution in [0, 0.1) is 23.2 Å². The maximum atomic E-state index is 6.13. The molecule has 0 heterocycles. The zero-order chi connectivity index (χ0) is 8.93. The Morgan fingerprint density at radius 3 is 2.42 bits per heavy atom. The van der Waals surface area contributed by atoms with Crippen molar-refractivity contribution < 1.29 is 0 Å². The van der Waals surface area contributed by atoms with Crippen LogP contribution < -0.4 is 0 Å². The van der Waals surface area contributed by atoms with E-state index in [1.807, 2.05) is 0 Å². The SMILES string of the molecule is [B][C@@H]1C[C@@H]2C[C@H](C1CC)C2(C)C. The van der Waals surface area contributed by atoms with Gasteiger partial charge in [0.15, 0.2) is 0 Å². The Morgan fingerprint density at radius 1 is 1.33 bits per heavy atom. The Kier molecular flexibility index (Phi) is 1.82. The van der Waals surface area contributed by atoms with Crippen LogP contribution in [0.3, 0.4) is 0 Å². The number of hydrogen-bond acceptors (Lipinski definition) is 0. The summed E-state index contributed by atoms with van der Waals surface area (Å²) in [5.41, 5.74) is 0.608. The van der Waals surface area contributed by atoms with Crippen LogP contribution >= 0.6 is 0 Å². The summed E-state index contributed by atoms with van der Waals surface area (Å²) in [7, 11) is 6.13. The van der Waals surface area contributed by atoms with Crippen LogP contribution in [-0.2, 0) is 0 Å². The van der Waals surface area contributed by atoms with Crippen molar-refractivity contribution in [3.8, 4) is 0 Å². The summed E-state index contributed by atoms with van der Waals surface area (Å²) in [5, 5.41) is 0. The molecule has 3 saturated carbocycles. The van der Waals surface area contributed by atoms with Crippen molar-refractivity contribution in [3.63, 3.8) is 0 Å². The molecule has 0 aromatic rings. The van der Waals surface area contributed by atoms with Gasteiger partial charge < -0.3 is 0 Å². The second-order valence-electron chi connectivity index (χ2n) is 5.33. The molecule has 0 nitrogen and oxygen atoms in total. The fourth-order valence-corrected chi connectivity index (χ4v) is 3.57. The molecular formula is C11H19B. The van der Waals surface area contributed by atoms with Crippen molar-refractivity contribution in [2.24, 2.45) is 23.2 Å². The minimum absolute atomic E-state index is 0.506. The maximum Gasteiger partial charge on any atom is 0.0703 e. The third-order valence-electron chi connectivity index (χ3n) is 4.64. The molecule has 4 atom stereocenters. The van der Waals surface area contributed by atoms with Gasteiger partial charge in [0.1, 0.15) is 0 Å². The number of fused-ring (bicyclic) bond motifs is 2. The van der Waals surface area contributed by atoms with Gasteiger partial charge in [0, 0.05) is 0 Å². The van der Waals surface area contributed by atoms with E-state index in [1.165, 1.54) is 19.3 Å². The van der Waals surface area contributed by atoms with E-state index >= 15 is 0 Å². The van der Waals surface area contributed by atoms with Crippen LogP contribution in [0.2, 0.25) is 5.82 Å². The van der Waals surface area contributed by atoms with Gasteiger partial charge in [0.25, 0.3) is 0 Å². The summed E-state index contributed by atoms with van der Waals surface area (Å²) in [5.74, 6) is 3.17. The van der Waals surface area contributed by atoms with Gasteiger partial charge in [-0.2, -0.15) is 0 Å². The van der Waals surface area contributed by atoms with Crippen LogP contribution in [0.15, 0.2) is 0 Å². The summed E-state index contributed by atoms with van der Waals surface area (Å²) in [4.78, 5) is 0. The fourth-order valence-electron chi connectivity index (χ4n) is 3.57. The van der Waals surface area contributed by atoms with Crippen molar-refractivity contribution in [2.75, 3.05) is 0 Å². The molecule has 0 saturated heterocycles. The zero-order valence-corrected chi connectivity index (χ0v) is 8.51. The lowest BCUT2D eigenvalue weighted by Crippen LogP contribution is -2.54. The summed E-state index contributed by atoms with van der Waals surface area (Å²) >= 11 is 0. The lowest BCUT2D eigenvalue weighted by Gasteiger charge is -2.62. The predicted molar refractivity (Wildman–Crippen MR) is 53.3 cm³/mol. The molecule has 3 rings (SSSR count). The Bertz CT molecular complexity index is 185. The van der Waals surface area contributed by atoms with Gasteiger partial charge in [0.05, 0.1) is 7.85 Å². The average Bonchev–Trinajstić information content (AvgIpc) is 2.03. The van der Waals surface area contributed by atoms with Gasteiger partial charge in [-0.1, -0.05) is 39.4 Å². The molecule has 3 fully saturated rings. The smallest absolute Gasteiger partial charge is 0.0703 e. The zero-order valence-electron chi connectivity index (χ0n) is 8.51. The van der Waals surface area contributed by atoms with E-state index in [0.29, 0.717) is 11.2 Å². The van der Waals surface area contributed by atoms with Crippen LogP contribution in [0.5, 0.6) is 0 Å². The highest BCUT2D eigenvalue weighted by Crippen LogP contribution is 2.64. The largest absolute Gasteiger partial charge is 0.0741 e. The molecule has 0 aromatic heterocycles. The predicted octanol–water partition coefficient (Wildman–Crippen LogP) is 3.04. The Labute approximate surface area is 77.5 Å². The molecule has 0 amide bonds. The third kappa shape index (κ3) is 0.915. The van der Waals surface area contributed by atoms with Gasteiger partial charge in [0.2, 0.25) is 0 Å². The molecule has 2 radical (unpaired) electrons. The molecule has 1 heteroatoms. The molecule has 2 bridgehead atoms. The van der Waals surface area contributed by atoms with Gasteiger partial charge in [-0.3, -0.25) is 0 Å². The molecule has 0 aliphatic heterocycles. The van der Waals surface area contributed by atoms with E-state index in [9.17, 15) is 0 Å². The molecule has 3 aliphatic carbocycles. The molecule has 0 aromatic carbocycles. The van der Waals surface area contributed by atoms with E-state index in [-0.39, 0.29) is 0 Å². The Hall–Kier alpha value is 0.0649. The number of hydrogen-bond donors (Lipinski definition) is 0. The van der Waals surface area contributed by atoms with Crippen molar-refractivity contribution in [3.05, 3.63) is 0 Å². The van der Waals surface area contributed by atoms with Crippen molar-refractivity contribution in [2.45, 2.75) is 45.9 Å². The number of rotatable bonds is 1. The van der Waals surface area contributed by atoms with Crippen LogP contribution in [0.1, 0.15) is 40.0 Å². The van der Waals surface area contributed by atoms with E-state index in [0.717, 1.165) is 17.8 Å². The quantitative estimate of drug-likeness (QED) is 0.520. The minimum atomic E-state index is 0.506. The van der Waals surface area contributed by atoms with E-state index in [2.05, 4.69) is 20.8 Å². The summed E-state index contributed by atoms with van der Waals surface area (Å²) in [6, 6.07) is 0. The van der Waals surface area contributed by atoms with Crippen LogP contribution in [-0.4, -0.2) is 7.85 Å². The lowest BCUT2D eigenvalue weighted by molar-refractivity contribution is -0.104. The monoisotopic (exact) mass is 162 g/mol. The van der Waals surface area contributed by atoms with Gasteiger partial charge in [-0.15, -0.1) is 0 Å². The normalized spacial score (nSPS) is 49.9.